The molecule has 1 aliphatic heterocycles. The predicted octanol–water partition coefficient (Wildman–Crippen LogP) is 3.60. The fourth-order valence-corrected chi connectivity index (χ4v) is 3.67. The molecule has 1 unspecified atom stereocenters. The first kappa shape index (κ1) is 17.9. The van der Waals surface area contributed by atoms with E-state index in [2.05, 4.69) is 14.8 Å². The number of furan rings is 1. The third kappa shape index (κ3) is 4.12. The largest absolute Gasteiger partial charge is 0.464 e. The summed E-state index contributed by atoms with van der Waals surface area (Å²) in [5.41, 5.74) is 1.65. The third-order valence-electron chi connectivity index (χ3n) is 5.24. The summed E-state index contributed by atoms with van der Waals surface area (Å²) in [5, 5.41) is 11.3. The maximum absolute atomic E-state index is 13.0. The van der Waals surface area contributed by atoms with Crippen LogP contribution in [0.25, 0.3) is 11.0 Å². The van der Waals surface area contributed by atoms with Gasteiger partial charge >= 0.3 is 0 Å². The summed E-state index contributed by atoms with van der Waals surface area (Å²) in [6.07, 6.45) is 4.56. The Kier molecular flexibility index (Phi) is 5.36. The Hall–Kier alpha value is -2.44. The Balaban J connectivity index is 1.25. The standard InChI is InChI=1S/C21H24FN3O2/c22-17-5-3-16(4-6-17)19(26)2-1-10-24-11-13-25(14-12-24)21-18-8-15-27-20(18)7-9-23-21/h3-9,15,19,26H,1-2,10-14H2. The molecule has 1 saturated heterocycles. The number of aromatic nitrogens is 1. The zero-order chi connectivity index (χ0) is 18.6. The summed E-state index contributed by atoms with van der Waals surface area (Å²) in [7, 11) is 0. The highest BCUT2D eigenvalue weighted by atomic mass is 19.1. The van der Waals surface area contributed by atoms with Gasteiger partial charge in [-0.3, -0.25) is 4.90 Å². The van der Waals surface area contributed by atoms with Crippen LogP contribution in [0.1, 0.15) is 24.5 Å². The number of aliphatic hydroxyl groups is 1. The molecule has 1 N–H and O–H groups in total. The Morgan fingerprint density at radius 1 is 1.07 bits per heavy atom. The molecule has 4 rings (SSSR count). The van der Waals surface area contributed by atoms with Crippen molar-refractivity contribution in [2.45, 2.75) is 18.9 Å². The lowest BCUT2D eigenvalue weighted by Gasteiger charge is -2.35. The van der Waals surface area contributed by atoms with Crippen molar-refractivity contribution in [1.82, 2.24) is 9.88 Å². The van der Waals surface area contributed by atoms with E-state index in [9.17, 15) is 9.50 Å². The Morgan fingerprint density at radius 2 is 1.85 bits per heavy atom. The van der Waals surface area contributed by atoms with Gasteiger partial charge in [-0.2, -0.15) is 0 Å². The van der Waals surface area contributed by atoms with E-state index >= 15 is 0 Å². The van der Waals surface area contributed by atoms with Crippen molar-refractivity contribution in [2.75, 3.05) is 37.6 Å². The highest BCUT2D eigenvalue weighted by Gasteiger charge is 2.20. The van der Waals surface area contributed by atoms with E-state index in [1.54, 1.807) is 24.6 Å². The van der Waals surface area contributed by atoms with Gasteiger partial charge in [0.05, 0.1) is 17.8 Å². The van der Waals surface area contributed by atoms with Crippen molar-refractivity contribution in [3.05, 3.63) is 60.2 Å². The first-order chi connectivity index (χ1) is 13.2. The Labute approximate surface area is 158 Å². The normalized spacial score (nSPS) is 16.7. The van der Waals surface area contributed by atoms with E-state index in [1.165, 1.54) is 12.1 Å². The minimum Gasteiger partial charge on any atom is -0.464 e. The minimum absolute atomic E-state index is 0.274. The molecule has 1 aliphatic rings. The SMILES string of the molecule is OC(CCCN1CCN(c2nccc3occc23)CC1)c1ccc(F)cc1. The average molecular weight is 369 g/mol. The summed E-state index contributed by atoms with van der Waals surface area (Å²) >= 11 is 0. The molecule has 1 atom stereocenters. The number of aliphatic hydroxyl groups excluding tert-OH is 1. The summed E-state index contributed by atoms with van der Waals surface area (Å²) in [4.78, 5) is 9.27. The highest BCUT2D eigenvalue weighted by Crippen LogP contribution is 2.26. The van der Waals surface area contributed by atoms with Gasteiger partial charge in [0, 0.05) is 32.4 Å². The van der Waals surface area contributed by atoms with E-state index in [0.717, 1.165) is 61.5 Å². The van der Waals surface area contributed by atoms with E-state index < -0.39 is 6.10 Å². The molecule has 3 heterocycles. The Bertz CT molecular complexity index is 873. The number of nitrogens with zero attached hydrogens (tertiary/aromatic N) is 3. The van der Waals surface area contributed by atoms with Gasteiger partial charge in [0.25, 0.3) is 0 Å². The van der Waals surface area contributed by atoms with E-state index in [0.29, 0.717) is 6.42 Å². The number of anilines is 1. The van der Waals surface area contributed by atoms with Crippen LogP contribution in [-0.2, 0) is 0 Å². The van der Waals surface area contributed by atoms with Crippen molar-refractivity contribution in [3.8, 4) is 0 Å². The lowest BCUT2D eigenvalue weighted by Crippen LogP contribution is -2.47. The number of halogens is 1. The number of fused-ring (bicyclic) bond motifs is 1. The Morgan fingerprint density at radius 3 is 2.63 bits per heavy atom. The molecule has 0 bridgehead atoms. The average Bonchev–Trinajstić information content (AvgIpc) is 3.18. The van der Waals surface area contributed by atoms with Crippen molar-refractivity contribution >= 4 is 16.8 Å². The van der Waals surface area contributed by atoms with Gasteiger partial charge in [-0.15, -0.1) is 0 Å². The van der Waals surface area contributed by atoms with Crippen LogP contribution in [0.5, 0.6) is 0 Å². The monoisotopic (exact) mass is 369 g/mol. The number of rotatable bonds is 6. The molecule has 3 aromatic rings. The zero-order valence-corrected chi connectivity index (χ0v) is 15.2. The van der Waals surface area contributed by atoms with Gasteiger partial charge in [0.2, 0.25) is 0 Å². The molecular formula is C21H24FN3O2. The van der Waals surface area contributed by atoms with Crippen LogP contribution in [0.2, 0.25) is 0 Å². The second-order valence-electron chi connectivity index (χ2n) is 7.01. The molecule has 6 heteroatoms. The first-order valence-electron chi connectivity index (χ1n) is 9.44. The fourth-order valence-electron chi connectivity index (χ4n) is 3.67. The molecule has 27 heavy (non-hydrogen) atoms. The topological polar surface area (TPSA) is 52.7 Å². The quantitative estimate of drug-likeness (QED) is 0.719. The van der Waals surface area contributed by atoms with Crippen LogP contribution in [0.4, 0.5) is 10.2 Å². The van der Waals surface area contributed by atoms with Crippen molar-refractivity contribution in [3.63, 3.8) is 0 Å². The molecule has 1 aromatic carbocycles. The number of hydrogen-bond acceptors (Lipinski definition) is 5. The third-order valence-corrected chi connectivity index (χ3v) is 5.24. The molecule has 1 fully saturated rings. The number of pyridine rings is 1. The lowest BCUT2D eigenvalue weighted by molar-refractivity contribution is 0.154. The van der Waals surface area contributed by atoms with E-state index in [1.807, 2.05) is 12.1 Å². The summed E-state index contributed by atoms with van der Waals surface area (Å²) in [5.74, 6) is 0.719. The predicted molar refractivity (Wildman–Crippen MR) is 103 cm³/mol. The second kappa shape index (κ2) is 8.06. The van der Waals surface area contributed by atoms with Gasteiger partial charge in [0.1, 0.15) is 17.2 Å². The van der Waals surface area contributed by atoms with Crippen molar-refractivity contribution in [2.24, 2.45) is 0 Å². The number of benzene rings is 1. The maximum Gasteiger partial charge on any atom is 0.139 e. The molecule has 0 aliphatic carbocycles. The highest BCUT2D eigenvalue weighted by molar-refractivity contribution is 5.88. The molecule has 0 saturated carbocycles. The minimum atomic E-state index is -0.533. The molecule has 5 nitrogen and oxygen atoms in total. The maximum atomic E-state index is 13.0. The summed E-state index contributed by atoms with van der Waals surface area (Å²) in [6, 6.07) is 9.96. The molecular weight excluding hydrogens is 345 g/mol. The van der Waals surface area contributed by atoms with Gasteiger partial charge < -0.3 is 14.4 Å². The number of hydrogen-bond donors (Lipinski definition) is 1. The van der Waals surface area contributed by atoms with Crippen molar-refractivity contribution < 1.29 is 13.9 Å². The van der Waals surface area contributed by atoms with Crippen LogP contribution in [0.3, 0.4) is 0 Å². The smallest absolute Gasteiger partial charge is 0.139 e. The van der Waals surface area contributed by atoms with Gasteiger partial charge in [-0.1, -0.05) is 12.1 Å². The zero-order valence-electron chi connectivity index (χ0n) is 15.2. The molecule has 0 amide bonds. The van der Waals surface area contributed by atoms with Crippen LogP contribution in [-0.4, -0.2) is 47.7 Å². The van der Waals surface area contributed by atoms with Crippen LogP contribution in [0.15, 0.2) is 53.3 Å². The summed E-state index contributed by atoms with van der Waals surface area (Å²) in [6.45, 7) is 4.76. The fraction of sp³-hybridized carbons (Fsp3) is 0.381. The molecule has 142 valence electrons. The van der Waals surface area contributed by atoms with E-state index in [-0.39, 0.29) is 5.82 Å². The van der Waals surface area contributed by atoms with Gasteiger partial charge in [-0.05, 0) is 49.2 Å². The van der Waals surface area contributed by atoms with Crippen LogP contribution >= 0.6 is 0 Å². The van der Waals surface area contributed by atoms with E-state index in [4.69, 9.17) is 4.42 Å². The van der Waals surface area contributed by atoms with Gasteiger partial charge in [-0.25, -0.2) is 9.37 Å². The number of piperazine rings is 1. The summed E-state index contributed by atoms with van der Waals surface area (Å²) < 4.78 is 18.4. The van der Waals surface area contributed by atoms with Gasteiger partial charge in [0.15, 0.2) is 0 Å². The first-order valence-corrected chi connectivity index (χ1v) is 9.44. The lowest BCUT2D eigenvalue weighted by atomic mass is 10.0. The molecule has 0 spiro atoms. The van der Waals surface area contributed by atoms with Crippen molar-refractivity contribution in [1.29, 1.82) is 0 Å². The van der Waals surface area contributed by atoms with Crippen LogP contribution in [0, 0.1) is 5.82 Å². The molecule has 2 aromatic heterocycles. The second-order valence-corrected chi connectivity index (χ2v) is 7.01. The van der Waals surface area contributed by atoms with Crippen LogP contribution < -0.4 is 4.90 Å². The molecule has 0 radical (unpaired) electrons.